The molecule has 4 rings (SSSR count). The number of nitrogens with one attached hydrogen (secondary N) is 1. The summed E-state index contributed by atoms with van der Waals surface area (Å²) >= 11 is 0. The van der Waals surface area contributed by atoms with E-state index in [0.717, 1.165) is 27.8 Å². The van der Waals surface area contributed by atoms with E-state index in [1.807, 2.05) is 96.5 Å². The standard InChI is InChI=1S/C24H21N3O2/c1-27-21-11-7-6-10-19(21)16-22(27)24(28)26-25-23(17-8-4-3-5-9-17)18-12-14-20(29-2)15-13-18/h3-16H,1-2H3,(H,26,28). The molecule has 0 saturated heterocycles. The topological polar surface area (TPSA) is 55.6 Å². The Bertz CT molecular complexity index is 1180. The molecular formula is C24H21N3O2. The molecule has 0 fully saturated rings. The Morgan fingerprint density at radius 3 is 2.24 bits per heavy atom. The van der Waals surface area contributed by atoms with Crippen molar-refractivity contribution in [1.29, 1.82) is 0 Å². The van der Waals surface area contributed by atoms with E-state index in [-0.39, 0.29) is 5.91 Å². The minimum absolute atomic E-state index is 0.259. The molecule has 0 aliphatic heterocycles. The second-order valence-corrected chi connectivity index (χ2v) is 6.64. The van der Waals surface area contributed by atoms with Gasteiger partial charge in [-0.2, -0.15) is 5.10 Å². The lowest BCUT2D eigenvalue weighted by Gasteiger charge is -2.09. The molecule has 1 aromatic heterocycles. The van der Waals surface area contributed by atoms with E-state index in [9.17, 15) is 4.79 Å². The van der Waals surface area contributed by atoms with E-state index >= 15 is 0 Å². The molecule has 1 heterocycles. The van der Waals surface area contributed by atoms with Crippen LogP contribution in [0.1, 0.15) is 21.6 Å². The third-order valence-corrected chi connectivity index (χ3v) is 4.86. The second kappa shape index (κ2) is 8.02. The van der Waals surface area contributed by atoms with Crippen molar-refractivity contribution in [3.05, 3.63) is 102 Å². The quantitative estimate of drug-likeness (QED) is 0.411. The van der Waals surface area contributed by atoms with Gasteiger partial charge in [0.1, 0.15) is 11.4 Å². The van der Waals surface area contributed by atoms with Crippen LogP contribution in [0.2, 0.25) is 0 Å². The lowest BCUT2D eigenvalue weighted by molar-refractivity contribution is 0.0947. The van der Waals surface area contributed by atoms with Crippen molar-refractivity contribution in [3.8, 4) is 5.75 Å². The normalized spacial score (nSPS) is 11.4. The molecule has 5 nitrogen and oxygen atoms in total. The number of carbonyl (C=O) groups is 1. The minimum Gasteiger partial charge on any atom is -0.497 e. The number of hydrogen-bond donors (Lipinski definition) is 1. The van der Waals surface area contributed by atoms with Gasteiger partial charge < -0.3 is 9.30 Å². The lowest BCUT2D eigenvalue weighted by Crippen LogP contribution is -2.22. The van der Waals surface area contributed by atoms with Gasteiger partial charge in [0, 0.05) is 29.1 Å². The first-order valence-corrected chi connectivity index (χ1v) is 9.29. The third kappa shape index (κ3) is 3.75. The fourth-order valence-corrected chi connectivity index (χ4v) is 3.31. The summed E-state index contributed by atoms with van der Waals surface area (Å²) in [6.45, 7) is 0. The number of hydrogen-bond acceptors (Lipinski definition) is 3. The predicted molar refractivity (Wildman–Crippen MR) is 115 cm³/mol. The highest BCUT2D eigenvalue weighted by molar-refractivity contribution is 6.13. The van der Waals surface area contributed by atoms with Gasteiger partial charge in [-0.3, -0.25) is 4.79 Å². The highest BCUT2D eigenvalue weighted by atomic mass is 16.5. The maximum Gasteiger partial charge on any atom is 0.288 e. The van der Waals surface area contributed by atoms with Crippen LogP contribution in [0, 0.1) is 0 Å². The van der Waals surface area contributed by atoms with Crippen LogP contribution in [-0.2, 0) is 7.05 Å². The first kappa shape index (κ1) is 18.5. The number of benzene rings is 3. The van der Waals surface area contributed by atoms with Gasteiger partial charge in [-0.1, -0.05) is 48.5 Å². The summed E-state index contributed by atoms with van der Waals surface area (Å²) in [6, 6.07) is 27.1. The minimum atomic E-state index is -0.259. The molecule has 0 aliphatic carbocycles. The van der Waals surface area contributed by atoms with E-state index in [2.05, 4.69) is 10.5 Å². The van der Waals surface area contributed by atoms with E-state index < -0.39 is 0 Å². The van der Waals surface area contributed by atoms with Gasteiger partial charge in [0.15, 0.2) is 0 Å². The van der Waals surface area contributed by atoms with Gasteiger partial charge in [0.2, 0.25) is 0 Å². The second-order valence-electron chi connectivity index (χ2n) is 6.64. The Labute approximate surface area is 169 Å². The van der Waals surface area contributed by atoms with Gasteiger partial charge in [0.05, 0.1) is 12.8 Å². The van der Waals surface area contributed by atoms with Gasteiger partial charge in [0.25, 0.3) is 5.91 Å². The summed E-state index contributed by atoms with van der Waals surface area (Å²) in [5.41, 5.74) is 6.75. The Hall–Kier alpha value is -3.86. The van der Waals surface area contributed by atoms with Crippen molar-refractivity contribution in [3.63, 3.8) is 0 Å². The molecule has 0 aliphatic rings. The van der Waals surface area contributed by atoms with Gasteiger partial charge in [-0.15, -0.1) is 0 Å². The zero-order valence-electron chi connectivity index (χ0n) is 16.3. The Balaban J connectivity index is 1.68. The van der Waals surface area contributed by atoms with E-state index in [1.165, 1.54) is 0 Å². The van der Waals surface area contributed by atoms with Gasteiger partial charge in [-0.25, -0.2) is 5.43 Å². The van der Waals surface area contributed by atoms with Crippen molar-refractivity contribution in [2.45, 2.75) is 0 Å². The monoisotopic (exact) mass is 383 g/mol. The van der Waals surface area contributed by atoms with Crippen LogP contribution >= 0.6 is 0 Å². The van der Waals surface area contributed by atoms with Crippen LogP contribution in [0.5, 0.6) is 5.75 Å². The molecule has 3 aromatic carbocycles. The number of amides is 1. The fraction of sp³-hybridized carbons (Fsp3) is 0.0833. The molecule has 1 amide bonds. The first-order chi connectivity index (χ1) is 14.2. The first-order valence-electron chi connectivity index (χ1n) is 9.29. The van der Waals surface area contributed by atoms with Crippen molar-refractivity contribution in [2.75, 3.05) is 7.11 Å². The van der Waals surface area contributed by atoms with Crippen molar-refractivity contribution in [2.24, 2.45) is 12.1 Å². The molecule has 5 heteroatoms. The SMILES string of the molecule is COc1ccc(C(=NNC(=O)c2cc3ccccc3n2C)c2ccccc2)cc1. The number of aryl methyl sites for hydroxylation is 1. The number of methoxy groups -OCH3 is 1. The number of aromatic nitrogens is 1. The number of hydrazone groups is 1. The van der Waals surface area contributed by atoms with Crippen LogP contribution < -0.4 is 10.2 Å². The summed E-state index contributed by atoms with van der Waals surface area (Å²) in [5.74, 6) is 0.506. The average molecular weight is 383 g/mol. The molecule has 1 N–H and O–H groups in total. The van der Waals surface area contributed by atoms with E-state index in [0.29, 0.717) is 11.4 Å². The summed E-state index contributed by atoms with van der Waals surface area (Å²) in [5, 5.41) is 5.49. The molecule has 0 atom stereocenters. The molecule has 0 bridgehead atoms. The zero-order valence-corrected chi connectivity index (χ0v) is 16.3. The lowest BCUT2D eigenvalue weighted by atomic mass is 10.0. The molecule has 0 radical (unpaired) electrons. The zero-order chi connectivity index (χ0) is 20.2. The summed E-state index contributed by atoms with van der Waals surface area (Å²) in [4.78, 5) is 12.8. The van der Waals surface area contributed by atoms with Crippen LogP contribution in [-0.4, -0.2) is 23.3 Å². The van der Waals surface area contributed by atoms with Crippen molar-refractivity contribution < 1.29 is 9.53 Å². The summed E-state index contributed by atoms with van der Waals surface area (Å²) in [6.07, 6.45) is 0. The Morgan fingerprint density at radius 1 is 0.897 bits per heavy atom. The van der Waals surface area contributed by atoms with Crippen molar-refractivity contribution >= 4 is 22.5 Å². The number of fused-ring (bicyclic) bond motifs is 1. The van der Waals surface area contributed by atoms with Crippen LogP contribution in [0.4, 0.5) is 0 Å². The molecule has 29 heavy (non-hydrogen) atoms. The molecule has 4 aromatic rings. The van der Waals surface area contributed by atoms with Crippen molar-refractivity contribution in [1.82, 2.24) is 9.99 Å². The number of nitrogens with zero attached hydrogens (tertiary/aromatic N) is 2. The molecular weight excluding hydrogens is 362 g/mol. The highest BCUT2D eigenvalue weighted by Gasteiger charge is 2.14. The number of ether oxygens (including phenoxy) is 1. The molecule has 0 unspecified atom stereocenters. The maximum absolute atomic E-state index is 12.8. The highest BCUT2D eigenvalue weighted by Crippen LogP contribution is 2.19. The fourth-order valence-electron chi connectivity index (χ4n) is 3.31. The van der Waals surface area contributed by atoms with E-state index in [1.54, 1.807) is 7.11 Å². The Morgan fingerprint density at radius 2 is 1.55 bits per heavy atom. The molecule has 144 valence electrons. The number of carbonyl (C=O) groups excluding carboxylic acids is 1. The molecule has 0 saturated carbocycles. The largest absolute Gasteiger partial charge is 0.497 e. The van der Waals surface area contributed by atoms with Crippen LogP contribution in [0.3, 0.4) is 0 Å². The third-order valence-electron chi connectivity index (χ3n) is 4.86. The van der Waals surface area contributed by atoms with Crippen LogP contribution in [0.25, 0.3) is 10.9 Å². The summed E-state index contributed by atoms with van der Waals surface area (Å²) < 4.78 is 7.11. The van der Waals surface area contributed by atoms with Gasteiger partial charge in [-0.05, 0) is 36.4 Å². The number of rotatable bonds is 5. The maximum atomic E-state index is 12.8. The smallest absolute Gasteiger partial charge is 0.288 e. The predicted octanol–water partition coefficient (Wildman–Crippen LogP) is 4.37. The average Bonchev–Trinajstić information content (AvgIpc) is 3.12. The number of para-hydroxylation sites is 1. The molecule has 0 spiro atoms. The van der Waals surface area contributed by atoms with Crippen LogP contribution in [0.15, 0.2) is 90.0 Å². The summed E-state index contributed by atoms with van der Waals surface area (Å²) in [7, 11) is 3.51. The Kier molecular flexibility index (Phi) is 5.12. The van der Waals surface area contributed by atoms with E-state index in [4.69, 9.17) is 4.74 Å². The van der Waals surface area contributed by atoms with Gasteiger partial charge >= 0.3 is 0 Å².